The van der Waals surface area contributed by atoms with Gasteiger partial charge in [-0.3, -0.25) is 9.59 Å². The van der Waals surface area contributed by atoms with E-state index in [0.717, 1.165) is 18.2 Å². The summed E-state index contributed by atoms with van der Waals surface area (Å²) in [5.74, 6) is -2.11. The summed E-state index contributed by atoms with van der Waals surface area (Å²) in [7, 11) is 0. The number of benzene rings is 1. The summed E-state index contributed by atoms with van der Waals surface area (Å²) in [5.41, 5.74) is -1.41. The number of imidazole rings is 1. The molecule has 4 N–H and O–H groups in total. The van der Waals surface area contributed by atoms with Crippen LogP contribution in [0.1, 0.15) is 72.9 Å². The van der Waals surface area contributed by atoms with E-state index < -0.39 is 73.2 Å². The van der Waals surface area contributed by atoms with Crippen molar-refractivity contribution in [1.82, 2.24) is 20.3 Å². The van der Waals surface area contributed by atoms with E-state index in [9.17, 15) is 44.7 Å². The first-order valence-corrected chi connectivity index (χ1v) is 14.9. The number of hydrogen-bond donors (Lipinski definition) is 4. The minimum atomic E-state index is -4.78. The van der Waals surface area contributed by atoms with Crippen LogP contribution in [0.15, 0.2) is 24.3 Å². The first kappa shape index (κ1) is 35.8. The number of carbonyl (C=O) groups excluding carboxylic acids is 2. The molecule has 1 fully saturated rings. The lowest BCUT2D eigenvalue weighted by Gasteiger charge is -2.29. The number of aromatic amines is 1. The van der Waals surface area contributed by atoms with Gasteiger partial charge in [0.25, 0.3) is 6.43 Å². The number of rotatable bonds is 14. The lowest BCUT2D eigenvalue weighted by Crippen LogP contribution is -2.25. The van der Waals surface area contributed by atoms with E-state index in [2.05, 4.69) is 25.6 Å². The van der Waals surface area contributed by atoms with E-state index in [4.69, 9.17) is 9.84 Å². The van der Waals surface area contributed by atoms with Gasteiger partial charge in [0, 0.05) is 19.4 Å². The predicted molar refractivity (Wildman–Crippen MR) is 153 cm³/mol. The maximum atomic E-state index is 13.8. The second-order valence-corrected chi connectivity index (χ2v) is 11.5. The number of halogens is 8. The summed E-state index contributed by atoms with van der Waals surface area (Å²) in [4.78, 5) is 35.4. The van der Waals surface area contributed by atoms with Gasteiger partial charge in [-0.15, -0.1) is 0 Å². The largest absolute Gasteiger partial charge is 0.471 e. The highest BCUT2D eigenvalue weighted by Gasteiger charge is 2.35. The zero-order chi connectivity index (χ0) is 34.4. The number of carbonyl (C=O) groups is 2. The molecule has 1 aromatic carbocycles. The molecule has 47 heavy (non-hydrogen) atoms. The number of alkyl halides is 8. The number of hydrogen-bond acceptors (Lipinski definition) is 7. The third-order valence-electron chi connectivity index (χ3n) is 7.86. The van der Waals surface area contributed by atoms with Gasteiger partial charge < -0.3 is 25.5 Å². The third kappa shape index (κ3) is 10.5. The normalized spacial score (nSPS) is 17.2. The van der Waals surface area contributed by atoms with Crippen LogP contribution in [-0.4, -0.2) is 57.6 Å². The summed E-state index contributed by atoms with van der Waals surface area (Å²) in [6, 6.07) is 4.33. The van der Waals surface area contributed by atoms with Crippen molar-refractivity contribution in [3.8, 4) is 5.88 Å². The monoisotopic (exact) mass is 679 g/mol. The van der Waals surface area contributed by atoms with Crippen LogP contribution >= 0.6 is 0 Å². The number of Topliss-reactive ketones (excluding diaryl/α,β-unsaturated/α-hetero) is 1. The van der Waals surface area contributed by atoms with E-state index in [1.54, 1.807) is 0 Å². The maximum Gasteiger partial charge on any atom is 0.418 e. The fourth-order valence-electron chi connectivity index (χ4n) is 5.61. The molecule has 17 heteroatoms. The van der Waals surface area contributed by atoms with Gasteiger partial charge >= 0.3 is 12.4 Å². The molecule has 9 nitrogen and oxygen atoms in total. The fourth-order valence-corrected chi connectivity index (χ4v) is 5.61. The topological polar surface area (TPSA) is 129 Å². The van der Waals surface area contributed by atoms with Gasteiger partial charge in [0.05, 0.1) is 22.3 Å². The van der Waals surface area contributed by atoms with Crippen LogP contribution in [0.25, 0.3) is 11.2 Å². The van der Waals surface area contributed by atoms with Crippen LogP contribution in [0.5, 0.6) is 5.88 Å². The molecule has 1 aliphatic carbocycles. The van der Waals surface area contributed by atoms with Gasteiger partial charge in [-0.05, 0) is 54.9 Å². The van der Waals surface area contributed by atoms with Crippen molar-refractivity contribution in [3.63, 3.8) is 0 Å². The Hall–Kier alpha value is -4.02. The standard InChI is InChI=1S/C30H33F8N5O4/c31-24(32)15-47-27-19(23(45)3-1-2-16-4-6-17(7-5-16)12-29(33,34)35)11-22-26(42-27)43-28(41-22)40-21-10-18(13-39-25(46)14-44)8-9-20(21)30(36,37)38/h8-11,16-17,24,44H,1-7,12-15H2,(H,39,46)(H2,40,41,42,43). The number of amides is 1. The quantitative estimate of drug-likeness (QED) is 0.106. The molecule has 0 radical (unpaired) electrons. The van der Waals surface area contributed by atoms with E-state index in [-0.39, 0.29) is 47.1 Å². The van der Waals surface area contributed by atoms with Gasteiger partial charge in [0.15, 0.2) is 18.0 Å². The Morgan fingerprint density at radius 1 is 1.02 bits per heavy atom. The highest BCUT2D eigenvalue weighted by Crippen LogP contribution is 2.39. The minimum absolute atomic E-state index is 0.0193. The van der Waals surface area contributed by atoms with Crippen molar-refractivity contribution in [2.45, 2.75) is 76.7 Å². The molecular weight excluding hydrogens is 646 g/mol. The number of pyridine rings is 1. The Balaban J connectivity index is 1.50. The molecular formula is C30H33F8N5O4. The van der Waals surface area contributed by atoms with E-state index in [0.29, 0.717) is 38.5 Å². The molecule has 0 unspecified atom stereocenters. The van der Waals surface area contributed by atoms with Crippen molar-refractivity contribution in [2.75, 3.05) is 18.5 Å². The summed E-state index contributed by atoms with van der Waals surface area (Å²) in [6.07, 6.45) is -9.57. The number of aromatic nitrogens is 3. The third-order valence-corrected chi connectivity index (χ3v) is 7.86. The Labute approximate surface area is 263 Å². The molecule has 0 atom stereocenters. The first-order valence-electron chi connectivity index (χ1n) is 14.9. The molecule has 1 amide bonds. The summed E-state index contributed by atoms with van der Waals surface area (Å²) < 4.78 is 110. The molecule has 0 aliphatic heterocycles. The van der Waals surface area contributed by atoms with E-state index >= 15 is 0 Å². The fraction of sp³-hybridized carbons (Fsp3) is 0.533. The van der Waals surface area contributed by atoms with Gasteiger partial charge in [-0.2, -0.15) is 36.3 Å². The summed E-state index contributed by atoms with van der Waals surface area (Å²) in [5, 5.41) is 13.7. The number of ketones is 1. The highest BCUT2D eigenvalue weighted by molar-refractivity contribution is 6.00. The predicted octanol–water partition coefficient (Wildman–Crippen LogP) is 7.08. The second-order valence-electron chi connectivity index (χ2n) is 11.5. The zero-order valence-corrected chi connectivity index (χ0v) is 24.9. The minimum Gasteiger partial charge on any atom is -0.471 e. The molecule has 2 heterocycles. The Morgan fingerprint density at radius 3 is 2.36 bits per heavy atom. The Kier molecular flexibility index (Phi) is 11.6. The van der Waals surface area contributed by atoms with Crippen molar-refractivity contribution in [3.05, 3.63) is 41.0 Å². The van der Waals surface area contributed by atoms with Crippen LogP contribution in [0.4, 0.5) is 46.8 Å². The molecule has 1 aliphatic rings. The van der Waals surface area contributed by atoms with Crippen molar-refractivity contribution in [2.24, 2.45) is 11.8 Å². The van der Waals surface area contributed by atoms with Crippen molar-refractivity contribution < 1.29 is 54.6 Å². The molecule has 4 rings (SSSR count). The van der Waals surface area contributed by atoms with Crippen molar-refractivity contribution >= 4 is 34.5 Å². The molecule has 0 bridgehead atoms. The van der Waals surface area contributed by atoms with Crippen LogP contribution in [-0.2, 0) is 17.5 Å². The first-order chi connectivity index (χ1) is 22.1. The SMILES string of the molecule is O=C(CO)NCc1ccc(C(F)(F)F)c(Nc2nc3nc(OCC(F)F)c(C(=O)CCCC4CCC(CC(F)(F)F)CC4)cc3[nH]2)c1. The highest BCUT2D eigenvalue weighted by atomic mass is 19.4. The number of H-pyrrole nitrogens is 1. The average molecular weight is 680 g/mol. The number of fused-ring (bicyclic) bond motifs is 1. The van der Waals surface area contributed by atoms with Crippen molar-refractivity contribution in [1.29, 1.82) is 0 Å². The second kappa shape index (κ2) is 15.3. The number of aliphatic hydroxyl groups excluding tert-OH is 1. The smallest absolute Gasteiger partial charge is 0.418 e. The Morgan fingerprint density at radius 2 is 1.72 bits per heavy atom. The van der Waals surface area contributed by atoms with Gasteiger partial charge in [-0.1, -0.05) is 25.3 Å². The average Bonchev–Trinajstić information content (AvgIpc) is 3.38. The maximum absolute atomic E-state index is 13.8. The number of anilines is 2. The molecule has 3 aromatic rings. The molecule has 2 aromatic heterocycles. The van der Waals surface area contributed by atoms with Crippen LogP contribution in [0.2, 0.25) is 0 Å². The number of nitrogens with one attached hydrogen (secondary N) is 3. The lowest BCUT2D eigenvalue weighted by molar-refractivity contribution is -0.147. The number of aliphatic hydroxyl groups is 1. The van der Waals surface area contributed by atoms with Crippen LogP contribution in [0, 0.1) is 11.8 Å². The van der Waals surface area contributed by atoms with E-state index in [1.165, 1.54) is 6.07 Å². The van der Waals surface area contributed by atoms with E-state index in [1.807, 2.05) is 0 Å². The van der Waals surface area contributed by atoms with Gasteiger partial charge in [0.2, 0.25) is 17.7 Å². The molecule has 0 saturated heterocycles. The molecule has 0 spiro atoms. The van der Waals surface area contributed by atoms with Crippen LogP contribution < -0.4 is 15.4 Å². The van der Waals surface area contributed by atoms with Gasteiger partial charge in [-0.25, -0.2) is 8.78 Å². The lowest BCUT2D eigenvalue weighted by atomic mass is 9.78. The number of nitrogens with zero attached hydrogens (tertiary/aromatic N) is 2. The summed E-state index contributed by atoms with van der Waals surface area (Å²) in [6.45, 7) is -2.06. The van der Waals surface area contributed by atoms with Crippen LogP contribution in [0.3, 0.4) is 0 Å². The zero-order valence-electron chi connectivity index (χ0n) is 24.9. The van der Waals surface area contributed by atoms with Gasteiger partial charge in [0.1, 0.15) is 6.61 Å². The molecule has 258 valence electrons. The number of ether oxygens (including phenoxy) is 1. The molecule has 1 saturated carbocycles. The Bertz CT molecular complexity index is 1530. The summed E-state index contributed by atoms with van der Waals surface area (Å²) >= 11 is 0.